The zero-order valence-electron chi connectivity index (χ0n) is 12.4. The second-order valence-corrected chi connectivity index (χ2v) is 10.8. The third-order valence-electron chi connectivity index (χ3n) is 3.36. The van der Waals surface area contributed by atoms with Crippen LogP contribution >= 0.6 is 0 Å². The first-order chi connectivity index (χ1) is 7.29. The third kappa shape index (κ3) is 3.97. The standard InChI is InChI=1S/C14H29BSi/c1-9-13(15(10-2)11-3)14(12(4)5)16(6,7)8/h4,9-11H2,1-3,5-8H3/b14-13-. The first-order valence-corrected chi connectivity index (χ1v) is 10.2. The fourth-order valence-electron chi connectivity index (χ4n) is 2.85. The van der Waals surface area contributed by atoms with Crippen molar-refractivity contribution in [1.82, 2.24) is 0 Å². The Balaban J connectivity index is 5.59. The highest BCUT2D eigenvalue weighted by Crippen LogP contribution is 2.29. The predicted octanol–water partition coefficient (Wildman–Crippen LogP) is 5.22. The van der Waals surface area contributed by atoms with Crippen molar-refractivity contribution < 1.29 is 0 Å². The van der Waals surface area contributed by atoms with Gasteiger partial charge < -0.3 is 0 Å². The first kappa shape index (κ1) is 15.8. The van der Waals surface area contributed by atoms with E-state index in [-0.39, 0.29) is 0 Å². The normalized spacial score (nSPS) is 13.4. The van der Waals surface area contributed by atoms with Gasteiger partial charge in [0.15, 0.2) is 6.71 Å². The Labute approximate surface area is 104 Å². The van der Waals surface area contributed by atoms with E-state index >= 15 is 0 Å². The molecule has 0 aromatic rings. The first-order valence-electron chi connectivity index (χ1n) is 6.68. The zero-order valence-corrected chi connectivity index (χ0v) is 13.4. The van der Waals surface area contributed by atoms with E-state index in [9.17, 15) is 0 Å². The summed E-state index contributed by atoms with van der Waals surface area (Å²) in [5.74, 6) is 0. The van der Waals surface area contributed by atoms with Crippen LogP contribution in [0.5, 0.6) is 0 Å². The van der Waals surface area contributed by atoms with E-state index in [1.165, 1.54) is 24.6 Å². The lowest BCUT2D eigenvalue weighted by Gasteiger charge is -2.28. The molecule has 0 fully saturated rings. The van der Waals surface area contributed by atoms with Gasteiger partial charge in [0.2, 0.25) is 0 Å². The van der Waals surface area contributed by atoms with Gasteiger partial charge in [-0.1, -0.05) is 70.4 Å². The maximum absolute atomic E-state index is 4.22. The summed E-state index contributed by atoms with van der Waals surface area (Å²) in [6, 6.07) is 0. The molecule has 0 saturated carbocycles. The molecule has 0 N–H and O–H groups in total. The van der Waals surface area contributed by atoms with Crippen molar-refractivity contribution in [1.29, 1.82) is 0 Å². The molecule has 0 aliphatic rings. The Kier molecular flexibility index (Phi) is 6.39. The molecule has 0 aromatic carbocycles. The molecule has 2 heteroatoms. The summed E-state index contributed by atoms with van der Waals surface area (Å²) in [5.41, 5.74) is 3.00. The smallest absolute Gasteiger partial charge is 0.102 e. The molecular formula is C14H29BSi. The average Bonchev–Trinajstić information content (AvgIpc) is 2.15. The Morgan fingerprint density at radius 3 is 1.69 bits per heavy atom. The molecule has 0 amide bonds. The molecule has 0 rings (SSSR count). The number of hydrogen-bond acceptors (Lipinski definition) is 0. The van der Waals surface area contributed by atoms with Crippen LogP contribution in [-0.2, 0) is 0 Å². The topological polar surface area (TPSA) is 0 Å². The molecule has 92 valence electrons. The minimum atomic E-state index is -1.25. The Bertz CT molecular complexity index is 267. The number of hydrogen-bond donors (Lipinski definition) is 0. The van der Waals surface area contributed by atoms with Gasteiger partial charge in [-0.05, 0) is 13.3 Å². The molecule has 0 aliphatic heterocycles. The fraction of sp³-hybridized carbons (Fsp3) is 0.714. The summed E-state index contributed by atoms with van der Waals surface area (Å²) in [6.45, 7) is 21.4. The van der Waals surface area contributed by atoms with Gasteiger partial charge in [0.1, 0.15) is 0 Å². The van der Waals surface area contributed by atoms with E-state index in [4.69, 9.17) is 0 Å². The molecule has 0 spiro atoms. The van der Waals surface area contributed by atoms with Crippen LogP contribution < -0.4 is 0 Å². The lowest BCUT2D eigenvalue weighted by molar-refractivity contribution is 1.13. The molecule has 0 aromatic heterocycles. The predicted molar refractivity (Wildman–Crippen MR) is 82.2 cm³/mol. The van der Waals surface area contributed by atoms with E-state index in [0.29, 0.717) is 0 Å². The van der Waals surface area contributed by atoms with Gasteiger partial charge in [0.25, 0.3) is 0 Å². The molecule has 0 unspecified atom stereocenters. The van der Waals surface area contributed by atoms with E-state index in [1.807, 2.05) is 0 Å². The van der Waals surface area contributed by atoms with Crippen molar-refractivity contribution in [2.75, 3.05) is 0 Å². The lowest BCUT2D eigenvalue weighted by atomic mass is 9.40. The van der Waals surface area contributed by atoms with E-state index < -0.39 is 8.07 Å². The quantitative estimate of drug-likeness (QED) is 0.438. The van der Waals surface area contributed by atoms with Crippen LogP contribution in [0.4, 0.5) is 0 Å². The highest BCUT2D eigenvalue weighted by molar-refractivity contribution is 6.86. The van der Waals surface area contributed by atoms with Gasteiger partial charge in [0.05, 0.1) is 8.07 Å². The molecule has 0 heterocycles. The van der Waals surface area contributed by atoms with Crippen LogP contribution in [0.15, 0.2) is 22.8 Å². The summed E-state index contributed by atoms with van der Waals surface area (Å²) >= 11 is 0. The van der Waals surface area contributed by atoms with Crippen LogP contribution in [0.3, 0.4) is 0 Å². The van der Waals surface area contributed by atoms with Crippen LogP contribution in [0, 0.1) is 0 Å². The minimum Gasteiger partial charge on any atom is -0.102 e. The van der Waals surface area contributed by atoms with Crippen molar-refractivity contribution in [3.8, 4) is 0 Å². The average molecular weight is 236 g/mol. The molecule has 0 saturated heterocycles. The van der Waals surface area contributed by atoms with E-state index in [1.54, 1.807) is 10.7 Å². The van der Waals surface area contributed by atoms with E-state index in [2.05, 4.69) is 53.9 Å². The van der Waals surface area contributed by atoms with Crippen molar-refractivity contribution in [3.05, 3.63) is 22.8 Å². The van der Waals surface area contributed by atoms with E-state index in [0.717, 1.165) is 6.71 Å². The van der Waals surface area contributed by atoms with Gasteiger partial charge in [-0.3, -0.25) is 0 Å². The Hall–Kier alpha value is -0.238. The molecule has 0 atom stereocenters. The van der Waals surface area contributed by atoms with Gasteiger partial charge in [0, 0.05) is 0 Å². The van der Waals surface area contributed by atoms with Crippen molar-refractivity contribution in [2.45, 2.75) is 66.4 Å². The largest absolute Gasteiger partial charge is 0.169 e. The molecule has 0 bridgehead atoms. The highest BCUT2D eigenvalue weighted by atomic mass is 28.3. The fourth-order valence-corrected chi connectivity index (χ4v) is 5.47. The van der Waals surface area contributed by atoms with Crippen LogP contribution in [0.1, 0.15) is 34.1 Å². The Morgan fingerprint density at radius 2 is 1.50 bits per heavy atom. The highest BCUT2D eigenvalue weighted by Gasteiger charge is 2.26. The van der Waals surface area contributed by atoms with Crippen molar-refractivity contribution in [2.24, 2.45) is 0 Å². The SMILES string of the molecule is C=C(C)/C(=C(\CC)B(CC)CC)[Si](C)(C)C. The van der Waals surface area contributed by atoms with Crippen LogP contribution in [-0.4, -0.2) is 14.8 Å². The number of rotatable bonds is 6. The zero-order chi connectivity index (χ0) is 12.9. The Morgan fingerprint density at radius 1 is 1.06 bits per heavy atom. The number of allylic oxidation sites excluding steroid dienone is 3. The van der Waals surface area contributed by atoms with Crippen molar-refractivity contribution in [3.63, 3.8) is 0 Å². The van der Waals surface area contributed by atoms with Crippen LogP contribution in [0.25, 0.3) is 0 Å². The van der Waals surface area contributed by atoms with Crippen LogP contribution in [0.2, 0.25) is 32.3 Å². The maximum Gasteiger partial charge on any atom is 0.169 e. The van der Waals surface area contributed by atoms with Gasteiger partial charge in [-0.25, -0.2) is 0 Å². The molecule has 0 radical (unpaired) electrons. The molecular weight excluding hydrogens is 207 g/mol. The van der Waals surface area contributed by atoms with Gasteiger partial charge in [-0.15, -0.1) is 5.47 Å². The minimum absolute atomic E-state index is 0.767. The van der Waals surface area contributed by atoms with Crippen molar-refractivity contribution >= 4 is 14.8 Å². The lowest BCUT2D eigenvalue weighted by Crippen LogP contribution is -2.30. The monoisotopic (exact) mass is 236 g/mol. The summed E-state index contributed by atoms with van der Waals surface area (Å²) in [5, 5.41) is 1.64. The second-order valence-electron chi connectivity index (χ2n) is 5.80. The molecule has 0 nitrogen and oxygen atoms in total. The second kappa shape index (κ2) is 6.49. The summed E-state index contributed by atoms with van der Waals surface area (Å²) in [4.78, 5) is 0. The van der Waals surface area contributed by atoms with Gasteiger partial charge in [-0.2, -0.15) is 0 Å². The summed E-state index contributed by atoms with van der Waals surface area (Å²) in [6.07, 6.45) is 3.72. The maximum atomic E-state index is 4.22. The third-order valence-corrected chi connectivity index (χ3v) is 5.61. The summed E-state index contributed by atoms with van der Waals surface area (Å²) in [7, 11) is -1.25. The summed E-state index contributed by atoms with van der Waals surface area (Å²) < 4.78 is 0. The van der Waals surface area contributed by atoms with Gasteiger partial charge >= 0.3 is 0 Å². The molecule has 16 heavy (non-hydrogen) atoms. The molecule has 0 aliphatic carbocycles.